The van der Waals surface area contributed by atoms with E-state index in [1.165, 1.54) is 12.3 Å². The molecule has 0 saturated carbocycles. The summed E-state index contributed by atoms with van der Waals surface area (Å²) < 4.78 is 38.0. The number of aromatic amines is 1. The summed E-state index contributed by atoms with van der Waals surface area (Å²) in [5.74, 6) is 0. The molecule has 2 heterocycles. The van der Waals surface area contributed by atoms with Crippen LogP contribution in [0.3, 0.4) is 0 Å². The molecule has 23 heavy (non-hydrogen) atoms. The number of aromatic nitrogens is 2. The first-order valence-corrected chi connectivity index (χ1v) is 7.07. The lowest BCUT2D eigenvalue weighted by atomic mass is 10.0. The van der Waals surface area contributed by atoms with E-state index < -0.39 is 11.9 Å². The van der Waals surface area contributed by atoms with Gasteiger partial charge in [0, 0.05) is 33.6 Å². The van der Waals surface area contributed by atoms with Crippen molar-refractivity contribution >= 4 is 21.8 Å². The number of nitrogens with zero attached hydrogens (tertiary/aromatic N) is 1. The highest BCUT2D eigenvalue weighted by Crippen LogP contribution is 2.35. The van der Waals surface area contributed by atoms with Crippen molar-refractivity contribution in [2.45, 2.75) is 6.18 Å². The molecule has 0 amide bonds. The minimum absolute atomic E-state index is 0.661. The third-order valence-electron chi connectivity index (χ3n) is 3.90. The van der Waals surface area contributed by atoms with Gasteiger partial charge in [0.05, 0.1) is 0 Å². The molecule has 0 fully saturated rings. The Kier molecular flexibility index (Phi) is 2.91. The van der Waals surface area contributed by atoms with Crippen LogP contribution >= 0.6 is 0 Å². The van der Waals surface area contributed by atoms with E-state index in [9.17, 15) is 13.2 Å². The van der Waals surface area contributed by atoms with Crippen LogP contribution in [0.2, 0.25) is 0 Å². The Bertz CT molecular complexity index is 998. The predicted octanol–water partition coefficient (Wildman–Crippen LogP) is 5.40. The van der Waals surface area contributed by atoms with Gasteiger partial charge >= 0.3 is 6.18 Å². The first-order chi connectivity index (χ1) is 11.0. The van der Waals surface area contributed by atoms with Crippen LogP contribution in [0.5, 0.6) is 0 Å². The van der Waals surface area contributed by atoms with Gasteiger partial charge in [0.1, 0.15) is 5.69 Å². The molecule has 2 nitrogen and oxygen atoms in total. The maximum Gasteiger partial charge on any atom is 0.433 e. The van der Waals surface area contributed by atoms with Gasteiger partial charge in [0.25, 0.3) is 0 Å². The smallest absolute Gasteiger partial charge is 0.354 e. The second-order valence-electron chi connectivity index (χ2n) is 5.33. The van der Waals surface area contributed by atoms with Gasteiger partial charge in [-0.15, -0.1) is 0 Å². The van der Waals surface area contributed by atoms with Crippen molar-refractivity contribution in [1.82, 2.24) is 9.97 Å². The minimum atomic E-state index is -4.43. The molecular weight excluding hydrogens is 301 g/mol. The third-order valence-corrected chi connectivity index (χ3v) is 3.90. The number of pyridine rings is 1. The topological polar surface area (TPSA) is 28.7 Å². The Labute approximate surface area is 129 Å². The van der Waals surface area contributed by atoms with E-state index in [0.29, 0.717) is 5.56 Å². The summed E-state index contributed by atoms with van der Waals surface area (Å²) in [7, 11) is 0. The van der Waals surface area contributed by atoms with E-state index in [1.807, 2.05) is 42.5 Å². The van der Waals surface area contributed by atoms with Crippen LogP contribution in [0.1, 0.15) is 5.69 Å². The minimum Gasteiger partial charge on any atom is -0.354 e. The summed E-state index contributed by atoms with van der Waals surface area (Å²) in [6, 6.07) is 16.1. The zero-order valence-corrected chi connectivity index (χ0v) is 11.9. The number of H-pyrrole nitrogens is 1. The van der Waals surface area contributed by atoms with Crippen LogP contribution in [0.15, 0.2) is 60.8 Å². The highest BCUT2D eigenvalue weighted by molar-refractivity contribution is 6.14. The second-order valence-corrected chi connectivity index (χ2v) is 5.33. The van der Waals surface area contributed by atoms with Gasteiger partial charge in [-0.05, 0) is 23.8 Å². The van der Waals surface area contributed by atoms with Crippen molar-refractivity contribution in [3.63, 3.8) is 0 Å². The first kappa shape index (κ1) is 13.8. The summed E-state index contributed by atoms with van der Waals surface area (Å²) in [4.78, 5) is 6.89. The van der Waals surface area contributed by atoms with Gasteiger partial charge in [-0.2, -0.15) is 13.2 Å². The molecule has 0 atom stereocenters. The molecule has 0 aliphatic carbocycles. The van der Waals surface area contributed by atoms with Crippen molar-refractivity contribution in [2.24, 2.45) is 0 Å². The van der Waals surface area contributed by atoms with Crippen molar-refractivity contribution < 1.29 is 13.2 Å². The van der Waals surface area contributed by atoms with Crippen molar-refractivity contribution in [3.05, 3.63) is 66.5 Å². The first-order valence-electron chi connectivity index (χ1n) is 7.07. The van der Waals surface area contributed by atoms with E-state index >= 15 is 0 Å². The standard InChI is InChI=1S/C18H11F3N2/c19-18(20,21)16-9-8-11(10-22-16)12-5-3-7-15-17(12)13-4-1-2-6-14(13)23-15/h1-10,23H. The molecule has 5 heteroatoms. The number of benzene rings is 2. The van der Waals surface area contributed by atoms with Gasteiger partial charge in [-0.1, -0.05) is 36.4 Å². The summed E-state index contributed by atoms with van der Waals surface area (Å²) >= 11 is 0. The molecule has 2 aromatic carbocycles. The fraction of sp³-hybridized carbons (Fsp3) is 0.0556. The lowest BCUT2D eigenvalue weighted by Crippen LogP contribution is -2.07. The van der Waals surface area contributed by atoms with Crippen molar-refractivity contribution in [3.8, 4) is 11.1 Å². The van der Waals surface area contributed by atoms with Crippen LogP contribution in [0.25, 0.3) is 32.9 Å². The van der Waals surface area contributed by atoms with Gasteiger partial charge in [0.15, 0.2) is 0 Å². The van der Waals surface area contributed by atoms with Gasteiger partial charge in [0.2, 0.25) is 0 Å². The van der Waals surface area contributed by atoms with E-state index in [2.05, 4.69) is 9.97 Å². The summed E-state index contributed by atoms with van der Waals surface area (Å²) in [5.41, 5.74) is 2.58. The van der Waals surface area contributed by atoms with Crippen LogP contribution in [-0.4, -0.2) is 9.97 Å². The SMILES string of the molecule is FC(F)(F)c1ccc(-c2cccc3[nH]c4ccccc4c23)cn1. The fourth-order valence-corrected chi connectivity index (χ4v) is 2.86. The average Bonchev–Trinajstić information content (AvgIpc) is 2.93. The van der Waals surface area contributed by atoms with Crippen LogP contribution in [0.4, 0.5) is 13.2 Å². The van der Waals surface area contributed by atoms with Crippen LogP contribution in [0, 0.1) is 0 Å². The molecule has 0 unspecified atom stereocenters. The quantitative estimate of drug-likeness (QED) is 0.501. The molecule has 2 aromatic heterocycles. The molecule has 0 aliphatic rings. The largest absolute Gasteiger partial charge is 0.433 e. The highest BCUT2D eigenvalue weighted by atomic mass is 19.4. The van der Waals surface area contributed by atoms with E-state index in [4.69, 9.17) is 0 Å². The Balaban J connectivity index is 1.95. The normalized spacial score (nSPS) is 12.1. The van der Waals surface area contributed by atoms with E-state index in [-0.39, 0.29) is 0 Å². The summed E-state index contributed by atoms with van der Waals surface area (Å²) in [6.07, 6.45) is -3.15. The summed E-state index contributed by atoms with van der Waals surface area (Å²) in [5, 5.41) is 2.03. The predicted molar refractivity (Wildman–Crippen MR) is 84.0 cm³/mol. The number of nitrogens with one attached hydrogen (secondary N) is 1. The van der Waals surface area contributed by atoms with Gasteiger partial charge in [-0.25, -0.2) is 0 Å². The number of alkyl halides is 3. The highest BCUT2D eigenvalue weighted by Gasteiger charge is 2.32. The maximum atomic E-state index is 12.7. The van der Waals surface area contributed by atoms with Crippen LogP contribution < -0.4 is 0 Å². The Hall–Kier alpha value is -2.82. The van der Waals surface area contributed by atoms with E-state index in [1.54, 1.807) is 0 Å². The van der Waals surface area contributed by atoms with Gasteiger partial charge < -0.3 is 4.98 Å². The van der Waals surface area contributed by atoms with Gasteiger partial charge in [-0.3, -0.25) is 4.98 Å². The van der Waals surface area contributed by atoms with Crippen molar-refractivity contribution in [1.29, 1.82) is 0 Å². The molecular formula is C18H11F3N2. The average molecular weight is 312 g/mol. The number of hydrogen-bond acceptors (Lipinski definition) is 1. The van der Waals surface area contributed by atoms with E-state index in [0.717, 1.165) is 33.4 Å². The Morgan fingerprint density at radius 3 is 2.35 bits per heavy atom. The molecule has 114 valence electrons. The second kappa shape index (κ2) is 4.84. The molecule has 1 N–H and O–H groups in total. The fourth-order valence-electron chi connectivity index (χ4n) is 2.86. The monoisotopic (exact) mass is 312 g/mol. The third kappa shape index (κ3) is 2.25. The molecule has 4 aromatic rings. The number of halogens is 3. The Morgan fingerprint density at radius 1 is 0.826 bits per heavy atom. The Morgan fingerprint density at radius 2 is 1.61 bits per heavy atom. The number of para-hydroxylation sites is 1. The molecule has 0 saturated heterocycles. The molecule has 0 radical (unpaired) electrons. The number of rotatable bonds is 1. The lowest BCUT2D eigenvalue weighted by molar-refractivity contribution is -0.141. The van der Waals surface area contributed by atoms with Crippen LogP contribution in [-0.2, 0) is 6.18 Å². The number of fused-ring (bicyclic) bond motifs is 3. The molecule has 4 rings (SSSR count). The molecule has 0 aliphatic heterocycles. The molecule has 0 bridgehead atoms. The molecule has 0 spiro atoms. The number of hydrogen-bond donors (Lipinski definition) is 1. The van der Waals surface area contributed by atoms with Crippen molar-refractivity contribution in [2.75, 3.05) is 0 Å². The maximum absolute atomic E-state index is 12.7. The lowest BCUT2D eigenvalue weighted by Gasteiger charge is -2.08. The zero-order chi connectivity index (χ0) is 16.0. The zero-order valence-electron chi connectivity index (χ0n) is 11.9. The summed E-state index contributed by atoms with van der Waals surface area (Å²) in [6.45, 7) is 0.